The second-order valence-corrected chi connectivity index (χ2v) is 4.87. The molecular formula is C14H21N3O2. The molecule has 1 heterocycles. The number of pyridine rings is 1. The van der Waals surface area contributed by atoms with Gasteiger partial charge in [-0.3, -0.25) is 9.78 Å². The molecule has 5 nitrogen and oxygen atoms in total. The molecule has 1 amide bonds. The summed E-state index contributed by atoms with van der Waals surface area (Å²) in [5, 5.41) is 6.11. The summed E-state index contributed by atoms with van der Waals surface area (Å²) in [6, 6.07) is 1.81. The number of methoxy groups -OCH3 is 1. The minimum atomic E-state index is -0.157. The Morgan fingerprint density at radius 3 is 2.89 bits per heavy atom. The Morgan fingerprint density at radius 2 is 2.32 bits per heavy atom. The van der Waals surface area contributed by atoms with E-state index in [2.05, 4.69) is 15.6 Å². The van der Waals surface area contributed by atoms with Crippen LogP contribution in [0.15, 0.2) is 18.5 Å². The Morgan fingerprint density at radius 1 is 1.53 bits per heavy atom. The molecule has 5 heteroatoms. The first kappa shape index (κ1) is 13.8. The van der Waals surface area contributed by atoms with Crippen LogP contribution < -0.4 is 10.6 Å². The van der Waals surface area contributed by atoms with Crippen molar-refractivity contribution >= 4 is 11.6 Å². The van der Waals surface area contributed by atoms with Gasteiger partial charge < -0.3 is 15.4 Å². The van der Waals surface area contributed by atoms with Gasteiger partial charge in [-0.15, -0.1) is 0 Å². The van der Waals surface area contributed by atoms with E-state index < -0.39 is 0 Å². The van der Waals surface area contributed by atoms with Crippen molar-refractivity contribution in [1.29, 1.82) is 0 Å². The number of anilines is 1. The van der Waals surface area contributed by atoms with E-state index in [4.69, 9.17) is 4.74 Å². The highest BCUT2D eigenvalue weighted by atomic mass is 16.5. The zero-order chi connectivity index (χ0) is 13.7. The lowest BCUT2D eigenvalue weighted by atomic mass is 9.80. The number of ether oxygens (including phenoxy) is 1. The van der Waals surface area contributed by atoms with Crippen LogP contribution in [0.5, 0.6) is 0 Å². The van der Waals surface area contributed by atoms with E-state index in [1.165, 1.54) is 6.42 Å². The van der Waals surface area contributed by atoms with Crippen molar-refractivity contribution in [2.75, 3.05) is 25.5 Å². The van der Waals surface area contributed by atoms with E-state index in [0.29, 0.717) is 12.1 Å². The van der Waals surface area contributed by atoms with Gasteiger partial charge in [0.2, 0.25) is 0 Å². The molecule has 2 rings (SSSR count). The van der Waals surface area contributed by atoms with E-state index in [0.717, 1.165) is 25.1 Å². The highest BCUT2D eigenvalue weighted by Crippen LogP contribution is 2.34. The molecule has 1 aliphatic carbocycles. The lowest BCUT2D eigenvalue weighted by Crippen LogP contribution is -2.49. The van der Waals surface area contributed by atoms with E-state index >= 15 is 0 Å². The lowest BCUT2D eigenvalue weighted by Gasteiger charge is -2.40. The molecule has 0 bridgehead atoms. The van der Waals surface area contributed by atoms with Crippen molar-refractivity contribution in [3.63, 3.8) is 0 Å². The number of rotatable bonds is 6. The minimum absolute atomic E-state index is 0.104. The van der Waals surface area contributed by atoms with Crippen LogP contribution in [0.1, 0.15) is 36.5 Å². The normalized spacial score (nSPS) is 16.5. The monoisotopic (exact) mass is 263 g/mol. The fourth-order valence-corrected chi connectivity index (χ4v) is 2.28. The molecule has 1 fully saturated rings. The second kappa shape index (κ2) is 6.02. The van der Waals surface area contributed by atoms with Gasteiger partial charge in [0, 0.05) is 32.6 Å². The molecule has 1 aromatic rings. The van der Waals surface area contributed by atoms with Crippen LogP contribution in [0.4, 0.5) is 5.69 Å². The van der Waals surface area contributed by atoms with Crippen molar-refractivity contribution in [3.05, 3.63) is 24.0 Å². The van der Waals surface area contributed by atoms with E-state index in [9.17, 15) is 4.79 Å². The Bertz CT molecular complexity index is 439. The van der Waals surface area contributed by atoms with Gasteiger partial charge in [0.1, 0.15) is 0 Å². The molecular weight excluding hydrogens is 242 g/mol. The Kier molecular flexibility index (Phi) is 4.37. The van der Waals surface area contributed by atoms with Crippen LogP contribution >= 0.6 is 0 Å². The molecule has 0 spiro atoms. The van der Waals surface area contributed by atoms with Gasteiger partial charge in [-0.1, -0.05) is 0 Å². The molecule has 1 aliphatic rings. The average molecular weight is 263 g/mol. The summed E-state index contributed by atoms with van der Waals surface area (Å²) in [4.78, 5) is 16.2. The standard InChI is InChI=1S/C14H21N3O2/c1-3-16-12-5-8-15-9-11(12)13(18)17-10-14(19-2)6-4-7-14/h5,8-9H,3-4,6-7,10H2,1-2H3,(H,15,16)(H,17,18). The number of hydrogen-bond acceptors (Lipinski definition) is 4. The predicted octanol–water partition coefficient (Wildman–Crippen LogP) is 1.81. The third kappa shape index (κ3) is 3.04. The third-order valence-corrected chi connectivity index (χ3v) is 3.70. The van der Waals surface area contributed by atoms with Crippen LogP contribution in [-0.4, -0.2) is 36.7 Å². The molecule has 0 radical (unpaired) electrons. The van der Waals surface area contributed by atoms with Crippen molar-refractivity contribution in [2.24, 2.45) is 0 Å². The van der Waals surface area contributed by atoms with Crippen LogP contribution in [-0.2, 0) is 4.74 Å². The number of aromatic nitrogens is 1. The van der Waals surface area contributed by atoms with Crippen LogP contribution in [0, 0.1) is 0 Å². The molecule has 0 aromatic carbocycles. The van der Waals surface area contributed by atoms with Crippen molar-refractivity contribution in [1.82, 2.24) is 10.3 Å². The lowest BCUT2D eigenvalue weighted by molar-refractivity contribution is -0.0679. The fraction of sp³-hybridized carbons (Fsp3) is 0.571. The summed E-state index contributed by atoms with van der Waals surface area (Å²) < 4.78 is 5.49. The number of hydrogen-bond donors (Lipinski definition) is 2. The molecule has 0 atom stereocenters. The summed E-state index contributed by atoms with van der Waals surface area (Å²) in [7, 11) is 1.71. The van der Waals surface area contributed by atoms with Gasteiger partial charge in [-0.25, -0.2) is 0 Å². The van der Waals surface area contributed by atoms with Gasteiger partial charge >= 0.3 is 0 Å². The quantitative estimate of drug-likeness (QED) is 0.821. The summed E-state index contributed by atoms with van der Waals surface area (Å²) in [6.45, 7) is 3.32. The van der Waals surface area contributed by atoms with Gasteiger partial charge in [0.15, 0.2) is 0 Å². The topological polar surface area (TPSA) is 63.2 Å². The summed E-state index contributed by atoms with van der Waals surface area (Å²) in [5.74, 6) is -0.104. The maximum absolute atomic E-state index is 12.2. The minimum Gasteiger partial charge on any atom is -0.385 e. The first-order valence-electron chi connectivity index (χ1n) is 6.72. The van der Waals surface area contributed by atoms with Crippen molar-refractivity contribution < 1.29 is 9.53 Å². The number of nitrogens with zero attached hydrogens (tertiary/aromatic N) is 1. The van der Waals surface area contributed by atoms with Crippen molar-refractivity contribution in [2.45, 2.75) is 31.8 Å². The van der Waals surface area contributed by atoms with Crippen LogP contribution in [0.25, 0.3) is 0 Å². The van der Waals surface area contributed by atoms with E-state index in [-0.39, 0.29) is 11.5 Å². The van der Waals surface area contributed by atoms with E-state index in [1.54, 1.807) is 19.5 Å². The van der Waals surface area contributed by atoms with Gasteiger partial charge in [-0.05, 0) is 32.3 Å². The zero-order valence-electron chi connectivity index (χ0n) is 11.5. The molecule has 2 N–H and O–H groups in total. The highest BCUT2D eigenvalue weighted by Gasteiger charge is 2.37. The summed E-state index contributed by atoms with van der Waals surface area (Å²) in [6.07, 6.45) is 6.46. The Hall–Kier alpha value is -1.62. The summed E-state index contributed by atoms with van der Waals surface area (Å²) >= 11 is 0. The Labute approximate surface area is 113 Å². The molecule has 0 unspecified atom stereocenters. The third-order valence-electron chi connectivity index (χ3n) is 3.70. The van der Waals surface area contributed by atoms with Gasteiger partial charge in [0.25, 0.3) is 5.91 Å². The SMILES string of the molecule is CCNc1ccncc1C(=O)NCC1(OC)CCC1. The van der Waals surface area contributed by atoms with E-state index in [1.807, 2.05) is 13.0 Å². The molecule has 1 aromatic heterocycles. The zero-order valence-corrected chi connectivity index (χ0v) is 11.5. The molecule has 0 aliphatic heterocycles. The average Bonchev–Trinajstić information content (AvgIpc) is 2.39. The van der Waals surface area contributed by atoms with Gasteiger partial charge in [0.05, 0.1) is 16.9 Å². The first-order valence-corrected chi connectivity index (χ1v) is 6.72. The van der Waals surface area contributed by atoms with Crippen LogP contribution in [0.3, 0.4) is 0 Å². The summed E-state index contributed by atoms with van der Waals surface area (Å²) in [5.41, 5.74) is 1.24. The molecule has 1 saturated carbocycles. The smallest absolute Gasteiger partial charge is 0.255 e. The van der Waals surface area contributed by atoms with Gasteiger partial charge in [-0.2, -0.15) is 0 Å². The highest BCUT2D eigenvalue weighted by molar-refractivity contribution is 5.99. The first-order chi connectivity index (χ1) is 9.21. The fourth-order valence-electron chi connectivity index (χ4n) is 2.28. The largest absolute Gasteiger partial charge is 0.385 e. The van der Waals surface area contributed by atoms with Crippen LogP contribution in [0.2, 0.25) is 0 Å². The molecule has 104 valence electrons. The molecule has 0 saturated heterocycles. The number of carbonyl (C=O) groups excluding carboxylic acids is 1. The Balaban J connectivity index is 1.99. The number of amides is 1. The number of carbonyl (C=O) groups is 1. The predicted molar refractivity (Wildman–Crippen MR) is 74.3 cm³/mol. The second-order valence-electron chi connectivity index (χ2n) is 4.87. The van der Waals surface area contributed by atoms with Crippen molar-refractivity contribution in [3.8, 4) is 0 Å². The maximum atomic E-state index is 12.2. The molecule has 19 heavy (non-hydrogen) atoms. The maximum Gasteiger partial charge on any atom is 0.255 e. The number of nitrogens with one attached hydrogen (secondary N) is 2.